The van der Waals surface area contributed by atoms with Gasteiger partial charge in [-0.1, -0.05) is 19.8 Å². The van der Waals surface area contributed by atoms with E-state index in [1.165, 1.54) is 11.3 Å². The summed E-state index contributed by atoms with van der Waals surface area (Å²) in [6, 6.07) is 5.85. The molecule has 0 aliphatic carbocycles. The van der Waals surface area contributed by atoms with Gasteiger partial charge in [0, 0.05) is 5.57 Å². The van der Waals surface area contributed by atoms with Crippen molar-refractivity contribution in [1.82, 2.24) is 0 Å². The van der Waals surface area contributed by atoms with Gasteiger partial charge in [-0.25, -0.2) is 0 Å². The molecule has 128 valence electrons. The van der Waals surface area contributed by atoms with Crippen LogP contribution < -0.4 is 0 Å². The second kappa shape index (κ2) is 8.29. The monoisotopic (exact) mass is 342 g/mol. The van der Waals surface area contributed by atoms with Crippen molar-refractivity contribution in [3.05, 3.63) is 56.3 Å². The van der Waals surface area contributed by atoms with Crippen molar-refractivity contribution in [2.75, 3.05) is 0 Å². The van der Waals surface area contributed by atoms with Gasteiger partial charge in [0.1, 0.15) is 5.75 Å². The number of Topliss-reactive ketones (excluding diaryl/α,β-unsaturated/α-hetero) is 1. The first-order valence-electron chi connectivity index (χ1n) is 8.53. The molecular formula is C21H26O2S. The first-order chi connectivity index (χ1) is 11.4. The van der Waals surface area contributed by atoms with Gasteiger partial charge in [-0.3, -0.25) is 4.79 Å². The smallest absolute Gasteiger partial charge is 0.198 e. The summed E-state index contributed by atoms with van der Waals surface area (Å²) in [6.45, 7) is 7.96. The summed E-state index contributed by atoms with van der Waals surface area (Å²) in [4.78, 5) is 13.7. The Morgan fingerprint density at radius 3 is 2.33 bits per heavy atom. The molecule has 24 heavy (non-hydrogen) atoms. The lowest BCUT2D eigenvalue weighted by Gasteiger charge is -2.09. The molecule has 0 saturated heterocycles. The molecule has 2 rings (SSSR count). The number of thiophene rings is 1. The lowest BCUT2D eigenvalue weighted by molar-refractivity contribution is 0.103. The van der Waals surface area contributed by atoms with Crippen LogP contribution in [-0.2, 0) is 0 Å². The van der Waals surface area contributed by atoms with E-state index in [0.29, 0.717) is 5.75 Å². The highest BCUT2D eigenvalue weighted by Crippen LogP contribution is 2.27. The molecule has 1 aromatic heterocycles. The predicted octanol–water partition coefficient (Wildman–Crippen LogP) is 6.23. The lowest BCUT2D eigenvalue weighted by Crippen LogP contribution is -2.02. The Kier molecular flexibility index (Phi) is 6.38. The van der Waals surface area contributed by atoms with E-state index in [2.05, 4.69) is 6.92 Å². The number of rotatable bonds is 7. The maximum Gasteiger partial charge on any atom is 0.198 e. The highest BCUT2D eigenvalue weighted by atomic mass is 32.1. The minimum Gasteiger partial charge on any atom is -0.507 e. The summed E-state index contributed by atoms with van der Waals surface area (Å²) in [5.74, 6) is 0.465. The van der Waals surface area contributed by atoms with Crippen molar-refractivity contribution >= 4 is 23.2 Å². The van der Waals surface area contributed by atoms with Gasteiger partial charge in [0.2, 0.25) is 0 Å². The van der Waals surface area contributed by atoms with E-state index < -0.39 is 0 Å². The van der Waals surface area contributed by atoms with Crippen molar-refractivity contribution in [1.29, 1.82) is 0 Å². The summed E-state index contributed by atoms with van der Waals surface area (Å²) in [5.41, 5.74) is 4.65. The summed E-state index contributed by atoms with van der Waals surface area (Å²) in [5, 5.41) is 12.0. The lowest BCUT2D eigenvalue weighted by atomic mass is 9.97. The standard InChI is InChI=1S/C21H26O2S/c1-5-6-7-8-18(21(23)19-9-14(2)13-24-19)12-17-10-15(3)20(22)16(4)11-17/h9-13,22H,5-8H2,1-4H3. The van der Waals surface area contributed by atoms with Crippen LogP contribution in [0.4, 0.5) is 0 Å². The zero-order valence-electron chi connectivity index (χ0n) is 15.0. The van der Waals surface area contributed by atoms with E-state index >= 15 is 0 Å². The minimum absolute atomic E-state index is 0.132. The number of carbonyl (C=O) groups excluding carboxylic acids is 1. The summed E-state index contributed by atoms with van der Waals surface area (Å²) in [6.07, 6.45) is 6.07. The Labute approximate surface area is 148 Å². The Hall–Kier alpha value is -1.87. The van der Waals surface area contributed by atoms with Gasteiger partial charge in [-0.15, -0.1) is 11.3 Å². The highest BCUT2D eigenvalue weighted by Gasteiger charge is 2.14. The van der Waals surface area contributed by atoms with E-state index in [1.54, 1.807) is 0 Å². The Morgan fingerprint density at radius 2 is 1.79 bits per heavy atom. The maximum atomic E-state index is 12.9. The number of hydrogen-bond acceptors (Lipinski definition) is 3. The molecule has 2 aromatic rings. The number of allylic oxidation sites excluding steroid dienone is 1. The molecule has 3 heteroatoms. The number of benzene rings is 1. The van der Waals surface area contributed by atoms with Crippen LogP contribution in [0.3, 0.4) is 0 Å². The third kappa shape index (κ3) is 4.57. The topological polar surface area (TPSA) is 37.3 Å². The number of phenolic OH excluding ortho intramolecular Hbond substituents is 1. The Morgan fingerprint density at radius 1 is 1.12 bits per heavy atom. The molecule has 0 saturated carbocycles. The average molecular weight is 343 g/mol. The van der Waals surface area contributed by atoms with Gasteiger partial charge in [0.25, 0.3) is 0 Å². The second-order valence-electron chi connectivity index (χ2n) is 6.45. The van der Waals surface area contributed by atoms with Crippen LogP contribution in [0.25, 0.3) is 6.08 Å². The number of phenols is 1. The van der Waals surface area contributed by atoms with Gasteiger partial charge in [0.15, 0.2) is 5.78 Å². The molecule has 0 fully saturated rings. The molecule has 0 bridgehead atoms. The zero-order chi connectivity index (χ0) is 17.7. The first kappa shape index (κ1) is 18.5. The number of unbranched alkanes of at least 4 members (excludes halogenated alkanes) is 2. The van der Waals surface area contributed by atoms with Gasteiger partial charge in [-0.05, 0) is 85.5 Å². The van der Waals surface area contributed by atoms with E-state index in [4.69, 9.17) is 0 Å². The van der Waals surface area contributed by atoms with Crippen LogP contribution in [0.1, 0.15) is 64.5 Å². The van der Waals surface area contributed by atoms with Crippen molar-refractivity contribution in [2.24, 2.45) is 0 Å². The molecule has 1 heterocycles. The first-order valence-corrected chi connectivity index (χ1v) is 9.41. The van der Waals surface area contributed by atoms with Crippen LogP contribution in [0, 0.1) is 20.8 Å². The highest BCUT2D eigenvalue weighted by molar-refractivity contribution is 7.12. The van der Waals surface area contributed by atoms with Crippen molar-refractivity contribution in [3.63, 3.8) is 0 Å². The third-order valence-electron chi connectivity index (χ3n) is 4.15. The zero-order valence-corrected chi connectivity index (χ0v) is 15.8. The summed E-state index contributed by atoms with van der Waals surface area (Å²) in [7, 11) is 0. The van der Waals surface area contributed by atoms with Gasteiger partial charge >= 0.3 is 0 Å². The molecule has 0 atom stereocenters. The number of hydrogen-bond donors (Lipinski definition) is 1. The van der Waals surface area contributed by atoms with Crippen LogP contribution in [0.5, 0.6) is 5.75 Å². The number of ketones is 1. The van der Waals surface area contributed by atoms with Crippen molar-refractivity contribution in [2.45, 2.75) is 53.4 Å². The number of aryl methyl sites for hydroxylation is 3. The normalized spacial score (nSPS) is 11.8. The predicted molar refractivity (Wildman–Crippen MR) is 103 cm³/mol. The van der Waals surface area contributed by atoms with E-state index in [1.807, 2.05) is 50.4 Å². The van der Waals surface area contributed by atoms with Gasteiger partial charge < -0.3 is 5.11 Å². The largest absolute Gasteiger partial charge is 0.507 e. The average Bonchev–Trinajstić information content (AvgIpc) is 2.97. The fourth-order valence-corrected chi connectivity index (χ4v) is 3.67. The van der Waals surface area contributed by atoms with E-state index in [0.717, 1.165) is 58.4 Å². The van der Waals surface area contributed by atoms with Crippen LogP contribution >= 0.6 is 11.3 Å². The molecule has 0 amide bonds. The fourth-order valence-electron chi connectivity index (χ4n) is 2.80. The molecule has 0 radical (unpaired) electrons. The summed E-state index contributed by atoms with van der Waals surface area (Å²) < 4.78 is 0. The van der Waals surface area contributed by atoms with Crippen LogP contribution in [0.15, 0.2) is 29.2 Å². The molecule has 1 aromatic carbocycles. The fraction of sp³-hybridized carbons (Fsp3) is 0.381. The molecule has 0 aliphatic heterocycles. The number of aromatic hydroxyl groups is 1. The number of carbonyl (C=O) groups is 1. The summed E-state index contributed by atoms with van der Waals surface area (Å²) >= 11 is 1.51. The van der Waals surface area contributed by atoms with Crippen LogP contribution in [0.2, 0.25) is 0 Å². The van der Waals surface area contributed by atoms with Gasteiger partial charge in [0.05, 0.1) is 4.88 Å². The molecule has 1 N–H and O–H groups in total. The van der Waals surface area contributed by atoms with E-state index in [9.17, 15) is 9.90 Å². The van der Waals surface area contributed by atoms with Crippen molar-refractivity contribution in [3.8, 4) is 5.75 Å². The molecule has 0 unspecified atom stereocenters. The second-order valence-corrected chi connectivity index (χ2v) is 7.36. The molecule has 0 spiro atoms. The Bertz CT molecular complexity index is 730. The minimum atomic E-state index is 0.132. The third-order valence-corrected chi connectivity index (χ3v) is 5.20. The maximum absolute atomic E-state index is 12.9. The van der Waals surface area contributed by atoms with Crippen LogP contribution in [-0.4, -0.2) is 10.9 Å². The molecular weight excluding hydrogens is 316 g/mol. The Balaban J connectivity index is 2.36. The quantitative estimate of drug-likeness (QED) is 0.368. The SMILES string of the molecule is CCCCCC(=Cc1cc(C)c(O)c(C)c1)C(=O)c1cc(C)cs1. The molecule has 0 aliphatic rings. The van der Waals surface area contributed by atoms with Crippen molar-refractivity contribution < 1.29 is 9.90 Å². The molecule has 2 nitrogen and oxygen atoms in total. The van der Waals surface area contributed by atoms with E-state index in [-0.39, 0.29) is 5.78 Å². The van der Waals surface area contributed by atoms with Gasteiger partial charge in [-0.2, -0.15) is 0 Å².